The third-order valence-corrected chi connectivity index (χ3v) is 4.62. The SMILES string of the molecule is C[C@@H](Cc1cnccn1)NC(=O)Nc1ccccc1CN1CCCCC1. The van der Waals surface area contributed by atoms with Crippen LogP contribution < -0.4 is 10.6 Å². The number of piperidine rings is 1. The van der Waals surface area contributed by atoms with Gasteiger partial charge in [0.2, 0.25) is 0 Å². The van der Waals surface area contributed by atoms with Gasteiger partial charge in [0.25, 0.3) is 0 Å². The van der Waals surface area contributed by atoms with Gasteiger partial charge < -0.3 is 10.6 Å². The lowest BCUT2D eigenvalue weighted by Gasteiger charge is -2.27. The molecule has 0 spiro atoms. The maximum Gasteiger partial charge on any atom is 0.319 e. The normalized spacial score (nSPS) is 16.0. The van der Waals surface area contributed by atoms with E-state index >= 15 is 0 Å². The van der Waals surface area contributed by atoms with Gasteiger partial charge in [-0.25, -0.2) is 4.79 Å². The number of rotatable bonds is 6. The Bertz CT molecular complexity index is 700. The Morgan fingerprint density at radius 1 is 1.19 bits per heavy atom. The number of anilines is 1. The second-order valence-corrected chi connectivity index (χ2v) is 6.89. The molecule has 138 valence electrons. The van der Waals surface area contributed by atoms with Crippen LogP contribution in [0.1, 0.15) is 37.4 Å². The molecule has 1 fully saturated rings. The molecule has 1 aromatic carbocycles. The highest BCUT2D eigenvalue weighted by Gasteiger charge is 2.14. The predicted molar refractivity (Wildman–Crippen MR) is 103 cm³/mol. The third kappa shape index (κ3) is 5.52. The minimum atomic E-state index is -0.188. The summed E-state index contributed by atoms with van der Waals surface area (Å²) in [6.07, 6.45) is 9.53. The summed E-state index contributed by atoms with van der Waals surface area (Å²) in [4.78, 5) is 23.1. The molecule has 0 aliphatic carbocycles. The first-order chi connectivity index (χ1) is 12.7. The van der Waals surface area contributed by atoms with E-state index in [0.717, 1.165) is 36.6 Å². The van der Waals surface area contributed by atoms with Gasteiger partial charge in [-0.3, -0.25) is 14.9 Å². The Kier molecular flexibility index (Phi) is 6.55. The zero-order valence-electron chi connectivity index (χ0n) is 15.3. The van der Waals surface area contributed by atoms with E-state index in [2.05, 4.69) is 31.6 Å². The van der Waals surface area contributed by atoms with Gasteiger partial charge in [-0.1, -0.05) is 24.6 Å². The Labute approximate surface area is 155 Å². The molecule has 0 saturated carbocycles. The smallest absolute Gasteiger partial charge is 0.319 e. The number of carbonyl (C=O) groups is 1. The van der Waals surface area contributed by atoms with Crippen LogP contribution in [0.2, 0.25) is 0 Å². The summed E-state index contributed by atoms with van der Waals surface area (Å²) in [5, 5.41) is 5.98. The van der Waals surface area contributed by atoms with Crippen molar-refractivity contribution in [2.24, 2.45) is 0 Å². The van der Waals surface area contributed by atoms with E-state index in [1.165, 1.54) is 19.3 Å². The molecule has 1 saturated heterocycles. The molecule has 0 bridgehead atoms. The molecule has 1 aliphatic rings. The number of likely N-dealkylation sites (tertiary alicyclic amines) is 1. The third-order valence-electron chi connectivity index (χ3n) is 4.62. The minimum absolute atomic E-state index is 0.0269. The lowest BCUT2D eigenvalue weighted by molar-refractivity contribution is 0.221. The van der Waals surface area contributed by atoms with Gasteiger partial charge in [0.05, 0.1) is 5.69 Å². The first-order valence-corrected chi connectivity index (χ1v) is 9.33. The largest absolute Gasteiger partial charge is 0.335 e. The van der Waals surface area contributed by atoms with E-state index in [4.69, 9.17) is 0 Å². The Morgan fingerprint density at radius 3 is 2.77 bits per heavy atom. The average Bonchev–Trinajstić information content (AvgIpc) is 2.65. The molecule has 2 N–H and O–H groups in total. The van der Waals surface area contributed by atoms with Crippen LogP contribution in [0.4, 0.5) is 10.5 Å². The second-order valence-electron chi connectivity index (χ2n) is 6.89. The van der Waals surface area contributed by atoms with Crippen molar-refractivity contribution in [3.05, 3.63) is 54.1 Å². The monoisotopic (exact) mass is 353 g/mol. The number of benzene rings is 1. The fourth-order valence-electron chi connectivity index (χ4n) is 3.32. The van der Waals surface area contributed by atoms with Crippen LogP contribution in [0.5, 0.6) is 0 Å². The van der Waals surface area contributed by atoms with Gasteiger partial charge in [-0.2, -0.15) is 0 Å². The van der Waals surface area contributed by atoms with Gasteiger partial charge in [0, 0.05) is 43.3 Å². The van der Waals surface area contributed by atoms with Crippen molar-refractivity contribution in [3.8, 4) is 0 Å². The number of nitrogens with zero attached hydrogens (tertiary/aromatic N) is 3. The van der Waals surface area contributed by atoms with E-state index in [1.54, 1.807) is 18.6 Å². The number of aromatic nitrogens is 2. The summed E-state index contributed by atoms with van der Waals surface area (Å²) in [6.45, 7) is 5.12. The van der Waals surface area contributed by atoms with Crippen molar-refractivity contribution in [2.75, 3.05) is 18.4 Å². The summed E-state index contributed by atoms with van der Waals surface area (Å²) in [5.74, 6) is 0. The van der Waals surface area contributed by atoms with Gasteiger partial charge >= 0.3 is 6.03 Å². The number of amides is 2. The first-order valence-electron chi connectivity index (χ1n) is 9.33. The number of urea groups is 1. The highest BCUT2D eigenvalue weighted by molar-refractivity contribution is 5.90. The summed E-state index contributed by atoms with van der Waals surface area (Å²) < 4.78 is 0. The fraction of sp³-hybridized carbons (Fsp3) is 0.450. The first kappa shape index (κ1) is 18.3. The minimum Gasteiger partial charge on any atom is -0.335 e. The van der Waals surface area contributed by atoms with Crippen LogP contribution in [0.3, 0.4) is 0 Å². The predicted octanol–water partition coefficient (Wildman–Crippen LogP) is 3.22. The van der Waals surface area contributed by atoms with Gasteiger partial charge in [-0.15, -0.1) is 0 Å². The van der Waals surface area contributed by atoms with E-state index < -0.39 is 0 Å². The average molecular weight is 353 g/mol. The lowest BCUT2D eigenvalue weighted by Crippen LogP contribution is -2.38. The maximum atomic E-state index is 12.4. The number of nitrogens with one attached hydrogen (secondary N) is 2. The molecular formula is C20H27N5O. The quantitative estimate of drug-likeness (QED) is 0.837. The Hall–Kier alpha value is -2.47. The molecule has 6 heteroatoms. The van der Waals surface area contributed by atoms with Gasteiger partial charge in [0.15, 0.2) is 0 Å². The molecule has 0 radical (unpaired) electrons. The van der Waals surface area contributed by atoms with Crippen molar-refractivity contribution in [2.45, 2.75) is 45.2 Å². The van der Waals surface area contributed by atoms with E-state index in [0.29, 0.717) is 6.42 Å². The van der Waals surface area contributed by atoms with E-state index in [9.17, 15) is 4.79 Å². The van der Waals surface area contributed by atoms with Crippen molar-refractivity contribution >= 4 is 11.7 Å². The Morgan fingerprint density at radius 2 is 2.00 bits per heavy atom. The van der Waals surface area contributed by atoms with E-state index in [1.807, 2.05) is 25.1 Å². The van der Waals surface area contributed by atoms with Crippen molar-refractivity contribution in [1.29, 1.82) is 0 Å². The van der Waals surface area contributed by atoms with Crippen LogP contribution in [0, 0.1) is 0 Å². The molecular weight excluding hydrogens is 326 g/mol. The molecule has 3 rings (SSSR count). The number of carbonyl (C=O) groups excluding carboxylic acids is 1. The number of hydrogen-bond donors (Lipinski definition) is 2. The Balaban J connectivity index is 1.55. The van der Waals surface area contributed by atoms with Gasteiger partial charge in [-0.05, 0) is 44.5 Å². The second kappa shape index (κ2) is 9.29. The summed E-state index contributed by atoms with van der Waals surface area (Å²) in [7, 11) is 0. The molecule has 2 aromatic rings. The summed E-state index contributed by atoms with van der Waals surface area (Å²) >= 11 is 0. The highest BCUT2D eigenvalue weighted by atomic mass is 16.2. The maximum absolute atomic E-state index is 12.4. The lowest BCUT2D eigenvalue weighted by atomic mass is 10.1. The zero-order valence-corrected chi connectivity index (χ0v) is 15.3. The molecule has 1 atom stereocenters. The van der Waals surface area contributed by atoms with Crippen molar-refractivity contribution < 1.29 is 4.79 Å². The molecule has 1 aromatic heterocycles. The number of para-hydroxylation sites is 1. The molecule has 2 heterocycles. The molecule has 0 unspecified atom stereocenters. The fourth-order valence-corrected chi connectivity index (χ4v) is 3.32. The van der Waals surface area contributed by atoms with Crippen LogP contribution in [0.25, 0.3) is 0 Å². The van der Waals surface area contributed by atoms with Crippen molar-refractivity contribution in [3.63, 3.8) is 0 Å². The van der Waals surface area contributed by atoms with Crippen LogP contribution in [0.15, 0.2) is 42.9 Å². The van der Waals surface area contributed by atoms with E-state index in [-0.39, 0.29) is 12.1 Å². The van der Waals surface area contributed by atoms with Crippen LogP contribution in [-0.4, -0.2) is 40.0 Å². The molecule has 6 nitrogen and oxygen atoms in total. The van der Waals surface area contributed by atoms with Gasteiger partial charge in [0.1, 0.15) is 0 Å². The number of hydrogen-bond acceptors (Lipinski definition) is 4. The van der Waals surface area contributed by atoms with Crippen LogP contribution >= 0.6 is 0 Å². The van der Waals surface area contributed by atoms with Crippen molar-refractivity contribution in [1.82, 2.24) is 20.2 Å². The zero-order chi connectivity index (χ0) is 18.2. The topological polar surface area (TPSA) is 70.1 Å². The standard InChI is InChI=1S/C20H27N5O/c1-16(13-18-14-21-9-10-22-18)23-20(26)24-19-8-4-3-7-17(19)15-25-11-5-2-6-12-25/h3-4,7-10,14,16H,2,5-6,11-13,15H2,1H3,(H2,23,24,26)/t16-/m0/s1. The van der Waals surface area contributed by atoms with Crippen LogP contribution in [-0.2, 0) is 13.0 Å². The molecule has 1 aliphatic heterocycles. The summed E-state index contributed by atoms with van der Waals surface area (Å²) in [5.41, 5.74) is 2.90. The highest BCUT2D eigenvalue weighted by Crippen LogP contribution is 2.19. The molecule has 26 heavy (non-hydrogen) atoms. The summed E-state index contributed by atoms with van der Waals surface area (Å²) in [6, 6.07) is 7.82. The molecule has 2 amide bonds.